The number of benzene rings is 1. The van der Waals surface area contributed by atoms with Crippen molar-refractivity contribution in [1.29, 1.82) is 0 Å². The van der Waals surface area contributed by atoms with Crippen molar-refractivity contribution in [2.24, 2.45) is 0 Å². The predicted octanol–water partition coefficient (Wildman–Crippen LogP) is 3.16. The average Bonchev–Trinajstić information content (AvgIpc) is 3.45. The van der Waals surface area contributed by atoms with Crippen LogP contribution >= 0.6 is 0 Å². The first-order valence-corrected chi connectivity index (χ1v) is 10.1. The van der Waals surface area contributed by atoms with E-state index in [2.05, 4.69) is 4.57 Å². The summed E-state index contributed by atoms with van der Waals surface area (Å²) < 4.78 is 7.34. The third-order valence-corrected chi connectivity index (χ3v) is 5.84. The van der Waals surface area contributed by atoms with Gasteiger partial charge < -0.3 is 9.30 Å². The number of imide groups is 1. The Morgan fingerprint density at radius 2 is 1.73 bits per heavy atom. The quantitative estimate of drug-likeness (QED) is 0.416. The summed E-state index contributed by atoms with van der Waals surface area (Å²) >= 11 is 0. The van der Waals surface area contributed by atoms with E-state index in [0.717, 1.165) is 34.7 Å². The van der Waals surface area contributed by atoms with Gasteiger partial charge in [-0.3, -0.25) is 19.3 Å². The Bertz CT molecular complexity index is 1090. The molecular weight excluding hydrogens is 384 g/mol. The van der Waals surface area contributed by atoms with Gasteiger partial charge in [-0.25, -0.2) is 4.79 Å². The lowest BCUT2D eigenvalue weighted by atomic mass is 10.1. The Balaban J connectivity index is 1.43. The van der Waals surface area contributed by atoms with Crippen LogP contribution in [-0.4, -0.2) is 45.7 Å². The number of rotatable bonds is 6. The third-order valence-electron chi connectivity index (χ3n) is 5.84. The highest BCUT2D eigenvalue weighted by Crippen LogP contribution is 2.38. The molecule has 2 aromatic rings. The standard InChI is InChI=1S/C23H24N2O5/c1-12-5-8-17-19(9-12)22(28)25(21(17)27)15(4)23(29)30-11-20(26)18-10-13(2)24(14(18)3)16-6-7-16/h5,8-10,15-16H,6-7,11H2,1-4H3. The highest BCUT2D eigenvalue weighted by molar-refractivity contribution is 6.22. The molecule has 4 rings (SSSR count). The van der Waals surface area contributed by atoms with E-state index in [1.807, 2.05) is 26.8 Å². The molecule has 1 aliphatic heterocycles. The number of hydrogen-bond donors (Lipinski definition) is 0. The molecule has 1 aromatic heterocycles. The van der Waals surface area contributed by atoms with Gasteiger partial charge in [-0.05, 0) is 58.7 Å². The fraction of sp³-hybridized carbons (Fsp3) is 0.391. The minimum atomic E-state index is -1.12. The number of ketones is 1. The van der Waals surface area contributed by atoms with Crippen molar-refractivity contribution in [2.75, 3.05) is 6.61 Å². The van der Waals surface area contributed by atoms with Crippen molar-refractivity contribution in [3.8, 4) is 0 Å². The van der Waals surface area contributed by atoms with Crippen molar-refractivity contribution >= 4 is 23.6 Å². The van der Waals surface area contributed by atoms with E-state index in [9.17, 15) is 19.2 Å². The molecule has 7 heteroatoms. The van der Waals surface area contributed by atoms with E-state index in [-0.39, 0.29) is 16.9 Å². The third kappa shape index (κ3) is 3.24. The molecule has 30 heavy (non-hydrogen) atoms. The Morgan fingerprint density at radius 1 is 1.07 bits per heavy atom. The van der Waals surface area contributed by atoms with Crippen LogP contribution in [0.5, 0.6) is 0 Å². The number of aryl methyl sites for hydroxylation is 2. The minimum absolute atomic E-state index is 0.272. The van der Waals surface area contributed by atoms with Crippen LogP contribution in [0.2, 0.25) is 0 Å². The zero-order valence-electron chi connectivity index (χ0n) is 17.5. The summed E-state index contributed by atoms with van der Waals surface area (Å²) in [7, 11) is 0. The number of fused-ring (bicyclic) bond motifs is 1. The Kier molecular flexibility index (Phi) is 4.84. The van der Waals surface area contributed by atoms with Crippen molar-refractivity contribution in [3.63, 3.8) is 0 Å². The van der Waals surface area contributed by atoms with Crippen LogP contribution in [0.4, 0.5) is 0 Å². The molecule has 1 saturated carbocycles. The van der Waals surface area contributed by atoms with Gasteiger partial charge in [0.15, 0.2) is 6.61 Å². The monoisotopic (exact) mass is 408 g/mol. The number of carbonyl (C=O) groups is 4. The summed E-state index contributed by atoms with van der Waals surface area (Å²) in [5, 5.41) is 0. The Labute approximate surface area is 174 Å². The number of ether oxygens (including phenoxy) is 1. The van der Waals surface area contributed by atoms with E-state index in [4.69, 9.17) is 4.74 Å². The maximum Gasteiger partial charge on any atom is 0.329 e. The molecule has 156 valence electrons. The molecule has 1 aliphatic carbocycles. The number of Topliss-reactive ketones (excluding diaryl/α,β-unsaturated/α-hetero) is 1. The van der Waals surface area contributed by atoms with E-state index in [1.165, 1.54) is 6.92 Å². The highest BCUT2D eigenvalue weighted by atomic mass is 16.5. The normalized spacial score (nSPS) is 16.6. The number of carbonyl (C=O) groups excluding carboxylic acids is 4. The lowest BCUT2D eigenvalue weighted by Gasteiger charge is -2.20. The zero-order chi connectivity index (χ0) is 21.7. The van der Waals surface area contributed by atoms with Crippen LogP contribution in [0, 0.1) is 20.8 Å². The molecule has 0 N–H and O–H groups in total. The molecule has 1 atom stereocenters. The van der Waals surface area contributed by atoms with Gasteiger partial charge in [0, 0.05) is 23.0 Å². The summed E-state index contributed by atoms with van der Waals surface area (Å²) in [5.74, 6) is -2.14. The maximum absolute atomic E-state index is 12.6. The van der Waals surface area contributed by atoms with E-state index >= 15 is 0 Å². The average molecular weight is 408 g/mol. The lowest BCUT2D eigenvalue weighted by Crippen LogP contribution is -2.44. The van der Waals surface area contributed by atoms with E-state index in [0.29, 0.717) is 11.6 Å². The molecular formula is C23H24N2O5. The molecule has 1 fully saturated rings. The number of nitrogens with zero attached hydrogens (tertiary/aromatic N) is 2. The van der Waals surface area contributed by atoms with Crippen molar-refractivity contribution in [2.45, 2.75) is 52.6 Å². The summed E-state index contributed by atoms with van der Waals surface area (Å²) in [5.41, 5.74) is 3.83. The van der Waals surface area contributed by atoms with Gasteiger partial charge in [0.25, 0.3) is 11.8 Å². The van der Waals surface area contributed by atoms with E-state index in [1.54, 1.807) is 18.2 Å². The molecule has 0 saturated heterocycles. The van der Waals surface area contributed by atoms with Crippen LogP contribution in [0.25, 0.3) is 0 Å². The second-order valence-electron chi connectivity index (χ2n) is 8.12. The molecule has 2 amide bonds. The molecule has 7 nitrogen and oxygen atoms in total. The van der Waals surface area contributed by atoms with Gasteiger partial charge in [-0.15, -0.1) is 0 Å². The minimum Gasteiger partial charge on any atom is -0.456 e. The molecule has 0 radical (unpaired) electrons. The first-order chi connectivity index (χ1) is 14.2. The van der Waals surface area contributed by atoms with Gasteiger partial charge in [0.1, 0.15) is 6.04 Å². The predicted molar refractivity (Wildman–Crippen MR) is 109 cm³/mol. The second kappa shape index (κ2) is 7.23. The first-order valence-electron chi connectivity index (χ1n) is 10.1. The van der Waals surface area contributed by atoms with Crippen LogP contribution in [0.15, 0.2) is 24.3 Å². The maximum atomic E-state index is 12.6. The molecule has 0 bridgehead atoms. The van der Waals surface area contributed by atoms with Gasteiger partial charge in [0.05, 0.1) is 11.1 Å². The van der Waals surface area contributed by atoms with Gasteiger partial charge in [0.2, 0.25) is 5.78 Å². The Hall–Kier alpha value is -3.22. The first kappa shape index (κ1) is 20.1. The van der Waals surface area contributed by atoms with E-state index < -0.39 is 30.4 Å². The molecule has 1 unspecified atom stereocenters. The molecule has 1 aromatic carbocycles. The van der Waals surface area contributed by atoms with Crippen LogP contribution in [0.1, 0.15) is 73.8 Å². The van der Waals surface area contributed by atoms with Crippen LogP contribution in [0.3, 0.4) is 0 Å². The smallest absolute Gasteiger partial charge is 0.329 e. The summed E-state index contributed by atoms with van der Waals surface area (Å²) in [6.45, 7) is 6.68. The van der Waals surface area contributed by atoms with Crippen LogP contribution < -0.4 is 0 Å². The van der Waals surface area contributed by atoms with Gasteiger partial charge in [-0.1, -0.05) is 11.6 Å². The second-order valence-corrected chi connectivity index (χ2v) is 8.12. The van der Waals surface area contributed by atoms with Crippen molar-refractivity contribution < 1.29 is 23.9 Å². The number of amides is 2. The van der Waals surface area contributed by atoms with Crippen LogP contribution in [-0.2, 0) is 9.53 Å². The summed E-state index contributed by atoms with van der Waals surface area (Å²) in [6.07, 6.45) is 2.21. The topological polar surface area (TPSA) is 85.7 Å². The summed E-state index contributed by atoms with van der Waals surface area (Å²) in [6, 6.07) is 6.11. The number of hydrogen-bond acceptors (Lipinski definition) is 5. The largest absolute Gasteiger partial charge is 0.456 e. The highest BCUT2D eigenvalue weighted by Gasteiger charge is 2.41. The van der Waals surface area contributed by atoms with Gasteiger partial charge in [-0.2, -0.15) is 0 Å². The summed E-state index contributed by atoms with van der Waals surface area (Å²) in [4.78, 5) is 51.3. The van der Waals surface area contributed by atoms with Crippen molar-refractivity contribution in [1.82, 2.24) is 9.47 Å². The molecule has 2 heterocycles. The fourth-order valence-electron chi connectivity index (χ4n) is 4.12. The molecule has 2 aliphatic rings. The number of esters is 1. The number of aromatic nitrogens is 1. The SMILES string of the molecule is Cc1ccc2c(c1)C(=O)N(C(C)C(=O)OCC(=O)c1cc(C)n(C3CC3)c1C)C2=O. The lowest BCUT2D eigenvalue weighted by molar-refractivity contribution is -0.146. The fourth-order valence-corrected chi connectivity index (χ4v) is 4.12. The van der Waals surface area contributed by atoms with Crippen molar-refractivity contribution in [3.05, 3.63) is 57.9 Å². The zero-order valence-corrected chi connectivity index (χ0v) is 17.5. The Morgan fingerprint density at radius 3 is 2.40 bits per heavy atom. The van der Waals surface area contributed by atoms with Gasteiger partial charge >= 0.3 is 5.97 Å². The molecule has 0 spiro atoms.